The largest absolute Gasteiger partial charge is 0.325 e. The number of benzodiazepines with no additional fused rings is 1. The van der Waals surface area contributed by atoms with Crippen LogP contribution in [0.15, 0.2) is 71.7 Å². The van der Waals surface area contributed by atoms with E-state index in [0.717, 1.165) is 12.8 Å². The van der Waals surface area contributed by atoms with E-state index in [4.69, 9.17) is 28.2 Å². The van der Waals surface area contributed by atoms with Gasteiger partial charge in [-0.1, -0.05) is 80.7 Å². The van der Waals surface area contributed by atoms with Crippen molar-refractivity contribution in [3.8, 4) is 0 Å². The van der Waals surface area contributed by atoms with Gasteiger partial charge in [0, 0.05) is 26.9 Å². The molecule has 3 aromatic carbocycles. The van der Waals surface area contributed by atoms with Crippen LogP contribution in [0.5, 0.6) is 0 Å². The fourth-order valence-corrected chi connectivity index (χ4v) is 4.67. The van der Waals surface area contributed by atoms with Crippen molar-refractivity contribution in [1.82, 2.24) is 0 Å². The van der Waals surface area contributed by atoms with E-state index in [0.29, 0.717) is 38.3 Å². The molecule has 0 aliphatic carbocycles. The molecule has 0 aromatic heterocycles. The molecule has 1 aliphatic rings. The fourth-order valence-electron chi connectivity index (χ4n) is 4.27. The van der Waals surface area contributed by atoms with Crippen molar-refractivity contribution < 1.29 is 9.59 Å². The Morgan fingerprint density at radius 2 is 1.75 bits per heavy atom. The first-order chi connectivity index (χ1) is 17.3. The number of hydrogen-bond donors (Lipinski definition) is 1. The quantitative estimate of drug-likeness (QED) is 0.371. The van der Waals surface area contributed by atoms with Gasteiger partial charge in [0.05, 0.1) is 11.4 Å². The van der Waals surface area contributed by atoms with E-state index in [2.05, 4.69) is 12.2 Å². The number of rotatable bonds is 7. The molecule has 5 nitrogen and oxygen atoms in total. The lowest BCUT2D eigenvalue weighted by Gasteiger charge is -2.26. The Kier molecular flexibility index (Phi) is 8.12. The molecule has 4 rings (SSSR count). The molecule has 1 aliphatic heterocycles. The van der Waals surface area contributed by atoms with E-state index in [1.54, 1.807) is 24.3 Å². The summed E-state index contributed by atoms with van der Waals surface area (Å²) in [4.78, 5) is 33.5. The molecular weight excluding hydrogens is 493 g/mol. The van der Waals surface area contributed by atoms with E-state index in [1.807, 2.05) is 56.3 Å². The molecule has 7 heteroatoms. The molecular formula is C29H29Cl2N3O2. The average Bonchev–Trinajstić information content (AvgIpc) is 2.99. The summed E-state index contributed by atoms with van der Waals surface area (Å²) in [6.07, 6.45) is 1.66. The molecule has 0 radical (unpaired) electrons. The lowest BCUT2D eigenvalue weighted by molar-refractivity contribution is -0.123. The molecule has 0 bridgehead atoms. The summed E-state index contributed by atoms with van der Waals surface area (Å²) < 4.78 is 0. The number of nitrogens with one attached hydrogen (secondary N) is 1. The molecule has 3 aromatic rings. The van der Waals surface area contributed by atoms with Gasteiger partial charge in [0.15, 0.2) is 0 Å². The van der Waals surface area contributed by atoms with Gasteiger partial charge in [-0.3, -0.25) is 14.6 Å². The summed E-state index contributed by atoms with van der Waals surface area (Å²) in [5.74, 6) is -0.573. The van der Waals surface area contributed by atoms with Crippen molar-refractivity contribution >= 4 is 52.1 Å². The van der Waals surface area contributed by atoms with Gasteiger partial charge in [-0.15, -0.1) is 0 Å². The van der Waals surface area contributed by atoms with Crippen LogP contribution in [0.2, 0.25) is 10.0 Å². The monoisotopic (exact) mass is 521 g/mol. The molecule has 0 saturated carbocycles. The minimum absolute atomic E-state index is 0.0491. The molecule has 186 valence electrons. The van der Waals surface area contributed by atoms with Gasteiger partial charge in [-0.05, 0) is 54.3 Å². The predicted octanol–water partition coefficient (Wildman–Crippen LogP) is 6.79. The maximum absolute atomic E-state index is 13.9. The average molecular weight is 522 g/mol. The first kappa shape index (κ1) is 25.9. The van der Waals surface area contributed by atoms with Crippen LogP contribution in [0, 0.1) is 5.92 Å². The van der Waals surface area contributed by atoms with E-state index >= 15 is 0 Å². The highest BCUT2D eigenvalue weighted by Gasteiger charge is 2.36. The van der Waals surface area contributed by atoms with Crippen LogP contribution < -0.4 is 10.2 Å². The van der Waals surface area contributed by atoms with Crippen molar-refractivity contribution in [2.24, 2.45) is 10.9 Å². The Bertz CT molecular complexity index is 1300. The summed E-state index contributed by atoms with van der Waals surface area (Å²) >= 11 is 13.0. The van der Waals surface area contributed by atoms with E-state index in [-0.39, 0.29) is 24.3 Å². The highest BCUT2D eigenvalue weighted by Crippen LogP contribution is 2.34. The van der Waals surface area contributed by atoms with Crippen LogP contribution in [-0.4, -0.2) is 30.1 Å². The van der Waals surface area contributed by atoms with Gasteiger partial charge >= 0.3 is 0 Å². The number of benzene rings is 3. The molecule has 0 spiro atoms. The number of aryl methyl sites for hydroxylation is 1. The number of halogens is 2. The third-order valence-corrected chi connectivity index (χ3v) is 7.12. The molecule has 1 N–H and O–H groups in total. The molecule has 0 fully saturated rings. The summed E-state index contributed by atoms with van der Waals surface area (Å²) in [7, 11) is 0. The molecule has 2 atom stereocenters. The smallest absolute Gasteiger partial charge is 0.252 e. The third-order valence-electron chi connectivity index (χ3n) is 6.55. The van der Waals surface area contributed by atoms with Gasteiger partial charge in [0.25, 0.3) is 5.91 Å². The van der Waals surface area contributed by atoms with Crippen LogP contribution in [0.3, 0.4) is 0 Å². The normalized spacial score (nSPS) is 16.1. The number of carbonyl (C=O) groups is 2. The topological polar surface area (TPSA) is 61.8 Å². The number of anilines is 2. The number of amides is 2. The second-order valence-corrected chi connectivity index (χ2v) is 9.82. The standard InChI is InChI=1S/C29H29Cl2N3O2/c1-4-18(3)27-29(36)34(17-26(35)32-21-13-10-19(5-2)11-14-21)25-15-12-20(30)16-23(25)28(33-27)22-8-6-7-9-24(22)31/h6-16,18,27H,4-5,17H2,1-3H3,(H,32,35). The predicted molar refractivity (Wildman–Crippen MR) is 149 cm³/mol. The van der Waals surface area contributed by atoms with Crippen LogP contribution in [0.4, 0.5) is 11.4 Å². The summed E-state index contributed by atoms with van der Waals surface area (Å²) in [6, 6.07) is 19.7. The third kappa shape index (κ3) is 5.48. The first-order valence-corrected chi connectivity index (χ1v) is 12.9. The molecule has 2 unspecified atom stereocenters. The zero-order valence-corrected chi connectivity index (χ0v) is 22.1. The van der Waals surface area contributed by atoms with Gasteiger partial charge in [-0.25, -0.2) is 0 Å². The highest BCUT2D eigenvalue weighted by molar-refractivity contribution is 6.37. The lowest BCUT2D eigenvalue weighted by Crippen LogP contribution is -2.44. The minimum Gasteiger partial charge on any atom is -0.325 e. The Balaban J connectivity index is 1.77. The Hall–Kier alpha value is -3.15. The van der Waals surface area contributed by atoms with Crippen LogP contribution in [0.25, 0.3) is 0 Å². The van der Waals surface area contributed by atoms with Crippen molar-refractivity contribution in [2.45, 2.75) is 39.7 Å². The summed E-state index contributed by atoms with van der Waals surface area (Å²) in [5, 5.41) is 3.95. The first-order valence-electron chi connectivity index (χ1n) is 12.1. The van der Waals surface area contributed by atoms with Gasteiger partial charge < -0.3 is 10.2 Å². The number of fused-ring (bicyclic) bond motifs is 1. The van der Waals surface area contributed by atoms with Crippen LogP contribution in [0.1, 0.15) is 43.9 Å². The van der Waals surface area contributed by atoms with E-state index in [1.165, 1.54) is 10.5 Å². The molecule has 2 amide bonds. The lowest BCUT2D eigenvalue weighted by atomic mass is 9.97. The summed E-state index contributed by atoms with van der Waals surface area (Å²) in [6.45, 7) is 5.94. The van der Waals surface area contributed by atoms with E-state index < -0.39 is 6.04 Å². The number of carbonyl (C=O) groups excluding carboxylic acids is 2. The Morgan fingerprint density at radius 3 is 2.42 bits per heavy atom. The summed E-state index contributed by atoms with van der Waals surface area (Å²) in [5.41, 5.74) is 4.41. The minimum atomic E-state index is -0.677. The van der Waals surface area contributed by atoms with Gasteiger partial charge in [-0.2, -0.15) is 0 Å². The van der Waals surface area contributed by atoms with Gasteiger partial charge in [0.2, 0.25) is 5.91 Å². The van der Waals surface area contributed by atoms with E-state index in [9.17, 15) is 9.59 Å². The van der Waals surface area contributed by atoms with Crippen LogP contribution >= 0.6 is 23.2 Å². The molecule has 1 heterocycles. The zero-order chi connectivity index (χ0) is 25.8. The molecule has 36 heavy (non-hydrogen) atoms. The number of nitrogens with zero attached hydrogens (tertiary/aromatic N) is 2. The van der Waals surface area contributed by atoms with Crippen LogP contribution in [-0.2, 0) is 16.0 Å². The maximum atomic E-state index is 13.9. The van der Waals surface area contributed by atoms with Crippen molar-refractivity contribution in [3.05, 3.63) is 93.5 Å². The molecule has 0 saturated heterocycles. The second kappa shape index (κ2) is 11.3. The fraction of sp³-hybridized carbons (Fsp3) is 0.276. The Morgan fingerprint density at radius 1 is 1.03 bits per heavy atom. The van der Waals surface area contributed by atoms with Crippen molar-refractivity contribution in [2.75, 3.05) is 16.8 Å². The zero-order valence-electron chi connectivity index (χ0n) is 20.6. The second-order valence-electron chi connectivity index (χ2n) is 8.97. The number of aliphatic imine (C=N–C) groups is 1. The Labute approximate surface area is 222 Å². The number of hydrogen-bond acceptors (Lipinski definition) is 3. The SMILES string of the molecule is CCc1ccc(NC(=O)CN2C(=O)C(C(C)CC)N=C(c3ccccc3Cl)c3cc(Cl)ccc32)cc1. The highest BCUT2D eigenvalue weighted by atomic mass is 35.5. The van der Waals surface area contributed by atoms with Crippen molar-refractivity contribution in [1.29, 1.82) is 0 Å². The van der Waals surface area contributed by atoms with Crippen molar-refractivity contribution in [3.63, 3.8) is 0 Å². The van der Waals surface area contributed by atoms with Gasteiger partial charge in [0.1, 0.15) is 12.6 Å². The maximum Gasteiger partial charge on any atom is 0.252 e.